The van der Waals surface area contributed by atoms with Gasteiger partial charge < -0.3 is 4.74 Å². The molecule has 112 valence electrons. The van der Waals surface area contributed by atoms with Crippen LogP contribution >= 0.6 is 11.3 Å². The van der Waals surface area contributed by atoms with Gasteiger partial charge in [-0.05, 0) is 43.4 Å². The van der Waals surface area contributed by atoms with Crippen LogP contribution < -0.4 is 16.0 Å². The van der Waals surface area contributed by atoms with E-state index in [-0.39, 0.29) is 17.6 Å². The first-order chi connectivity index (χ1) is 10.2. The first kappa shape index (κ1) is 14.5. The topological polar surface area (TPSA) is 47.3 Å². The molecule has 0 amide bonds. The minimum absolute atomic E-state index is 0.245. The number of fused-ring (bicyclic) bond motifs is 1. The second kappa shape index (κ2) is 6.13. The van der Waals surface area contributed by atoms with Crippen LogP contribution in [0.25, 0.3) is 0 Å². The van der Waals surface area contributed by atoms with Crippen LogP contribution in [0, 0.1) is 5.82 Å². The van der Waals surface area contributed by atoms with Gasteiger partial charge in [-0.1, -0.05) is 12.1 Å². The molecule has 0 aliphatic heterocycles. The van der Waals surface area contributed by atoms with Gasteiger partial charge in [0, 0.05) is 15.3 Å². The second-order valence-corrected chi connectivity index (χ2v) is 6.44. The monoisotopic (exact) mass is 306 g/mol. The van der Waals surface area contributed by atoms with E-state index >= 15 is 0 Å². The largest absolute Gasteiger partial charge is 0.494 e. The molecule has 0 radical (unpaired) electrons. The summed E-state index contributed by atoms with van der Waals surface area (Å²) in [4.78, 5) is 2.48. The van der Waals surface area contributed by atoms with Crippen LogP contribution in [-0.2, 0) is 12.8 Å². The molecule has 21 heavy (non-hydrogen) atoms. The minimum Gasteiger partial charge on any atom is -0.494 e. The number of thiophene rings is 1. The number of aryl methyl sites for hydroxylation is 2. The molecular formula is C16H19FN2OS. The van der Waals surface area contributed by atoms with Gasteiger partial charge in [0.05, 0.1) is 13.2 Å². The maximum Gasteiger partial charge on any atom is 0.170 e. The van der Waals surface area contributed by atoms with Crippen molar-refractivity contribution in [3.8, 4) is 5.75 Å². The molecule has 0 fully saturated rings. The Morgan fingerprint density at radius 1 is 1.33 bits per heavy atom. The average Bonchev–Trinajstić information content (AvgIpc) is 2.93. The molecule has 0 spiro atoms. The zero-order chi connectivity index (χ0) is 14.8. The highest BCUT2D eigenvalue weighted by molar-refractivity contribution is 7.12. The predicted molar refractivity (Wildman–Crippen MR) is 83.1 cm³/mol. The van der Waals surface area contributed by atoms with Gasteiger partial charge in [-0.25, -0.2) is 9.82 Å². The van der Waals surface area contributed by atoms with Crippen molar-refractivity contribution in [2.45, 2.75) is 31.7 Å². The summed E-state index contributed by atoms with van der Waals surface area (Å²) < 4.78 is 19.5. The number of hydrogen-bond donors (Lipinski definition) is 2. The number of ether oxygens (including phenoxy) is 1. The number of rotatable bonds is 4. The third-order valence-electron chi connectivity index (χ3n) is 3.99. The van der Waals surface area contributed by atoms with Crippen LogP contribution in [0.15, 0.2) is 24.3 Å². The highest BCUT2D eigenvalue weighted by Gasteiger charge is 2.23. The van der Waals surface area contributed by atoms with E-state index in [4.69, 9.17) is 10.6 Å². The molecule has 0 saturated carbocycles. The Morgan fingerprint density at radius 3 is 2.86 bits per heavy atom. The number of hydrogen-bond acceptors (Lipinski definition) is 4. The summed E-state index contributed by atoms with van der Waals surface area (Å²) >= 11 is 1.74. The molecule has 1 atom stereocenters. The van der Waals surface area contributed by atoms with E-state index in [9.17, 15) is 4.39 Å². The van der Waals surface area contributed by atoms with E-state index in [2.05, 4.69) is 11.5 Å². The van der Waals surface area contributed by atoms with E-state index in [1.807, 2.05) is 0 Å². The number of methoxy groups -OCH3 is 1. The van der Waals surface area contributed by atoms with E-state index in [0.717, 1.165) is 17.7 Å². The molecule has 1 aliphatic carbocycles. The fourth-order valence-electron chi connectivity index (χ4n) is 2.89. The van der Waals surface area contributed by atoms with E-state index in [0.29, 0.717) is 5.56 Å². The summed E-state index contributed by atoms with van der Waals surface area (Å²) in [5.74, 6) is 5.60. The number of halogens is 1. The lowest BCUT2D eigenvalue weighted by molar-refractivity contribution is 0.382. The molecule has 1 aromatic carbocycles. The van der Waals surface area contributed by atoms with Gasteiger partial charge in [0.15, 0.2) is 11.6 Å². The Hall–Kier alpha value is -1.43. The van der Waals surface area contributed by atoms with Crippen LogP contribution in [-0.4, -0.2) is 7.11 Å². The maximum atomic E-state index is 14.5. The molecule has 3 rings (SSSR count). The van der Waals surface area contributed by atoms with E-state index in [1.165, 1.54) is 30.4 Å². The molecule has 5 heteroatoms. The van der Waals surface area contributed by atoms with Gasteiger partial charge in [-0.15, -0.1) is 11.3 Å². The first-order valence-electron chi connectivity index (χ1n) is 7.14. The van der Waals surface area contributed by atoms with E-state index in [1.54, 1.807) is 29.5 Å². The molecule has 2 aromatic rings. The third-order valence-corrected chi connectivity index (χ3v) is 5.29. The SMILES string of the molecule is COc1cccc(C(NN)c2cc3c(s2)CCCC3)c1F. The lowest BCUT2D eigenvalue weighted by atomic mass is 9.97. The summed E-state index contributed by atoms with van der Waals surface area (Å²) in [6, 6.07) is 6.99. The third kappa shape index (κ3) is 2.69. The van der Waals surface area contributed by atoms with Crippen LogP contribution in [0.1, 0.15) is 39.8 Å². The van der Waals surface area contributed by atoms with Crippen molar-refractivity contribution in [3.05, 3.63) is 51.0 Å². The highest BCUT2D eigenvalue weighted by atomic mass is 32.1. The Bertz CT molecular complexity index is 618. The standard InChI is InChI=1S/C16H19FN2OS/c1-20-12-7-4-6-11(15(12)17)16(19-18)14-9-10-5-2-3-8-13(10)21-14/h4,6-7,9,16,19H,2-3,5,8,18H2,1H3. The van der Waals surface area contributed by atoms with Crippen molar-refractivity contribution in [2.24, 2.45) is 5.84 Å². The Morgan fingerprint density at radius 2 is 2.14 bits per heavy atom. The second-order valence-electron chi connectivity index (χ2n) is 5.27. The highest BCUT2D eigenvalue weighted by Crippen LogP contribution is 2.36. The van der Waals surface area contributed by atoms with Gasteiger partial charge >= 0.3 is 0 Å². The smallest absolute Gasteiger partial charge is 0.170 e. The van der Waals surface area contributed by atoms with Gasteiger partial charge in [-0.2, -0.15) is 0 Å². The predicted octanol–water partition coefficient (Wildman–Crippen LogP) is 3.33. The molecule has 0 bridgehead atoms. The van der Waals surface area contributed by atoms with Crippen LogP contribution in [0.5, 0.6) is 5.75 Å². The molecule has 1 aliphatic rings. The zero-order valence-electron chi connectivity index (χ0n) is 12.0. The fourth-order valence-corrected chi connectivity index (χ4v) is 4.23. The molecule has 1 heterocycles. The van der Waals surface area contributed by atoms with Crippen LogP contribution in [0.4, 0.5) is 4.39 Å². The van der Waals surface area contributed by atoms with Crippen molar-refractivity contribution in [2.75, 3.05) is 7.11 Å². The van der Waals surface area contributed by atoms with Crippen LogP contribution in [0.2, 0.25) is 0 Å². The lowest BCUT2D eigenvalue weighted by Crippen LogP contribution is -2.29. The van der Waals surface area contributed by atoms with Crippen molar-refractivity contribution in [3.63, 3.8) is 0 Å². The van der Waals surface area contributed by atoms with E-state index < -0.39 is 0 Å². The summed E-state index contributed by atoms with van der Waals surface area (Å²) in [6.45, 7) is 0. The van der Waals surface area contributed by atoms with Crippen molar-refractivity contribution in [1.29, 1.82) is 0 Å². The lowest BCUT2D eigenvalue weighted by Gasteiger charge is -2.16. The van der Waals surface area contributed by atoms with Gasteiger partial charge in [0.25, 0.3) is 0 Å². The van der Waals surface area contributed by atoms with Gasteiger partial charge in [-0.3, -0.25) is 5.84 Å². The summed E-state index contributed by atoms with van der Waals surface area (Å²) in [5.41, 5.74) is 4.67. The zero-order valence-corrected chi connectivity index (χ0v) is 12.8. The van der Waals surface area contributed by atoms with Crippen molar-refractivity contribution < 1.29 is 9.13 Å². The van der Waals surface area contributed by atoms with Crippen molar-refractivity contribution in [1.82, 2.24) is 5.43 Å². The Balaban J connectivity index is 2.00. The number of hydrazine groups is 1. The molecule has 0 saturated heterocycles. The first-order valence-corrected chi connectivity index (χ1v) is 7.96. The molecule has 3 nitrogen and oxygen atoms in total. The normalized spacial score (nSPS) is 15.6. The number of benzene rings is 1. The number of nitrogens with two attached hydrogens (primary N) is 1. The van der Waals surface area contributed by atoms with Crippen LogP contribution in [0.3, 0.4) is 0 Å². The number of nitrogens with one attached hydrogen (secondary N) is 1. The summed E-state index contributed by atoms with van der Waals surface area (Å²) in [5, 5.41) is 0. The average molecular weight is 306 g/mol. The fraction of sp³-hybridized carbons (Fsp3) is 0.375. The summed E-state index contributed by atoms with van der Waals surface area (Å²) in [6.07, 6.45) is 4.71. The Kier molecular flexibility index (Phi) is 4.24. The Labute approximate surface area is 127 Å². The van der Waals surface area contributed by atoms with Crippen molar-refractivity contribution >= 4 is 11.3 Å². The summed E-state index contributed by atoms with van der Waals surface area (Å²) in [7, 11) is 1.47. The van der Waals surface area contributed by atoms with Gasteiger partial charge in [0.1, 0.15) is 0 Å². The van der Waals surface area contributed by atoms with Gasteiger partial charge in [0.2, 0.25) is 0 Å². The molecule has 1 aromatic heterocycles. The maximum absolute atomic E-state index is 14.5. The molecule has 3 N–H and O–H groups in total. The molecule has 1 unspecified atom stereocenters. The molecular weight excluding hydrogens is 287 g/mol. The minimum atomic E-state index is -0.352. The quantitative estimate of drug-likeness (QED) is 0.673.